The summed E-state index contributed by atoms with van der Waals surface area (Å²) in [6, 6.07) is 4.65. The molecule has 110 valence electrons. The normalized spacial score (nSPS) is 10.2. The molecule has 1 rings (SSSR count). The Morgan fingerprint density at radius 3 is 2.60 bits per heavy atom. The minimum atomic E-state index is -0.424. The summed E-state index contributed by atoms with van der Waals surface area (Å²) in [5.74, 6) is -0.293. The van der Waals surface area contributed by atoms with Crippen LogP contribution in [-0.4, -0.2) is 30.6 Å². The van der Waals surface area contributed by atoms with E-state index < -0.39 is 4.92 Å². The van der Waals surface area contributed by atoms with Gasteiger partial charge in [0, 0.05) is 24.4 Å². The zero-order chi connectivity index (χ0) is 15.1. The van der Waals surface area contributed by atoms with E-state index in [1.807, 2.05) is 11.8 Å². The number of anilines is 1. The van der Waals surface area contributed by atoms with Gasteiger partial charge in [-0.1, -0.05) is 6.92 Å². The Balaban J connectivity index is 2.96. The van der Waals surface area contributed by atoms with E-state index in [1.54, 1.807) is 19.9 Å². The molecule has 0 aliphatic carbocycles. The maximum Gasteiger partial charge on any atom is 0.325 e. The molecule has 0 spiro atoms. The van der Waals surface area contributed by atoms with E-state index in [0.717, 1.165) is 17.7 Å². The lowest BCUT2D eigenvalue weighted by atomic mass is 10.1. The molecule has 1 aromatic rings. The van der Waals surface area contributed by atoms with Crippen LogP contribution in [0, 0.1) is 17.0 Å². The average molecular weight is 280 g/mol. The molecule has 0 saturated carbocycles. The number of ether oxygens (including phenoxy) is 1. The van der Waals surface area contributed by atoms with E-state index >= 15 is 0 Å². The first-order valence-electron chi connectivity index (χ1n) is 6.65. The molecule has 0 atom stereocenters. The van der Waals surface area contributed by atoms with E-state index in [-0.39, 0.29) is 18.2 Å². The van der Waals surface area contributed by atoms with Crippen LogP contribution in [0.15, 0.2) is 18.2 Å². The molecule has 1 aromatic carbocycles. The first kappa shape index (κ1) is 15.9. The number of hydrogen-bond acceptors (Lipinski definition) is 5. The monoisotopic (exact) mass is 280 g/mol. The SMILES string of the molecule is CCCN(CC(=O)OCC)c1ccc([N+](=O)[O-])cc1C. The second-order valence-corrected chi connectivity index (χ2v) is 4.45. The Bertz CT molecular complexity index is 488. The molecule has 0 amide bonds. The maximum atomic E-state index is 11.6. The molecule has 0 N–H and O–H groups in total. The van der Waals surface area contributed by atoms with Gasteiger partial charge in [0.1, 0.15) is 6.54 Å². The van der Waals surface area contributed by atoms with Crippen LogP contribution < -0.4 is 4.90 Å². The van der Waals surface area contributed by atoms with Crippen molar-refractivity contribution in [2.45, 2.75) is 27.2 Å². The quantitative estimate of drug-likeness (QED) is 0.436. The molecule has 0 aromatic heterocycles. The Morgan fingerprint density at radius 1 is 1.40 bits per heavy atom. The smallest absolute Gasteiger partial charge is 0.325 e. The summed E-state index contributed by atoms with van der Waals surface area (Å²) in [6.45, 7) is 6.77. The third-order valence-electron chi connectivity index (χ3n) is 2.85. The lowest BCUT2D eigenvalue weighted by molar-refractivity contribution is -0.384. The molecule has 0 unspecified atom stereocenters. The van der Waals surface area contributed by atoms with Gasteiger partial charge in [-0.2, -0.15) is 0 Å². The van der Waals surface area contributed by atoms with Gasteiger partial charge in [0.05, 0.1) is 11.5 Å². The van der Waals surface area contributed by atoms with Gasteiger partial charge in [-0.05, 0) is 31.9 Å². The Hall–Kier alpha value is -2.11. The van der Waals surface area contributed by atoms with E-state index in [1.165, 1.54) is 12.1 Å². The molecular formula is C14H20N2O4. The first-order valence-corrected chi connectivity index (χ1v) is 6.65. The first-order chi connectivity index (χ1) is 9.49. The third-order valence-corrected chi connectivity index (χ3v) is 2.85. The summed E-state index contributed by atoms with van der Waals surface area (Å²) in [7, 11) is 0. The number of rotatable bonds is 7. The molecule has 0 saturated heterocycles. The summed E-state index contributed by atoms with van der Waals surface area (Å²) in [6.07, 6.45) is 0.871. The van der Waals surface area contributed by atoms with Crippen molar-refractivity contribution in [3.8, 4) is 0 Å². The molecular weight excluding hydrogens is 260 g/mol. The molecule has 0 bridgehead atoms. The van der Waals surface area contributed by atoms with Crippen molar-refractivity contribution < 1.29 is 14.5 Å². The highest BCUT2D eigenvalue weighted by Gasteiger charge is 2.16. The summed E-state index contributed by atoms with van der Waals surface area (Å²) in [5.41, 5.74) is 1.65. The van der Waals surface area contributed by atoms with E-state index in [4.69, 9.17) is 4.74 Å². The van der Waals surface area contributed by atoms with Crippen molar-refractivity contribution in [3.05, 3.63) is 33.9 Å². The number of hydrogen-bond donors (Lipinski definition) is 0. The van der Waals surface area contributed by atoms with Crippen LogP contribution in [0.1, 0.15) is 25.8 Å². The van der Waals surface area contributed by atoms with Gasteiger partial charge in [-0.3, -0.25) is 14.9 Å². The maximum absolute atomic E-state index is 11.6. The number of aryl methyl sites for hydroxylation is 1. The lowest BCUT2D eigenvalue weighted by Crippen LogP contribution is -2.32. The van der Waals surface area contributed by atoms with Gasteiger partial charge in [0.25, 0.3) is 5.69 Å². The topological polar surface area (TPSA) is 72.7 Å². The molecule has 6 heteroatoms. The number of non-ortho nitro benzene ring substituents is 1. The molecule has 0 heterocycles. The number of carbonyl (C=O) groups excluding carboxylic acids is 1. The Morgan fingerprint density at radius 2 is 2.10 bits per heavy atom. The van der Waals surface area contributed by atoms with Gasteiger partial charge >= 0.3 is 5.97 Å². The largest absolute Gasteiger partial charge is 0.465 e. The predicted molar refractivity (Wildman–Crippen MR) is 77.0 cm³/mol. The predicted octanol–water partition coefficient (Wildman–Crippen LogP) is 2.68. The van der Waals surface area contributed by atoms with Gasteiger partial charge in [0.15, 0.2) is 0 Å². The number of benzene rings is 1. The summed E-state index contributed by atoms with van der Waals surface area (Å²) in [4.78, 5) is 23.8. The molecule has 20 heavy (non-hydrogen) atoms. The van der Waals surface area contributed by atoms with Crippen molar-refractivity contribution >= 4 is 17.3 Å². The minimum Gasteiger partial charge on any atom is -0.465 e. The van der Waals surface area contributed by atoms with Crippen LogP contribution in [-0.2, 0) is 9.53 Å². The fourth-order valence-electron chi connectivity index (χ4n) is 2.03. The number of esters is 1. The zero-order valence-corrected chi connectivity index (χ0v) is 12.1. The van der Waals surface area contributed by atoms with Gasteiger partial charge in [-0.15, -0.1) is 0 Å². The molecule has 0 fully saturated rings. The second-order valence-electron chi connectivity index (χ2n) is 4.45. The van der Waals surface area contributed by atoms with Crippen LogP contribution in [0.2, 0.25) is 0 Å². The van der Waals surface area contributed by atoms with Crippen molar-refractivity contribution in [1.82, 2.24) is 0 Å². The number of nitro benzene ring substituents is 1. The minimum absolute atomic E-state index is 0.0545. The highest BCUT2D eigenvalue weighted by Crippen LogP contribution is 2.25. The highest BCUT2D eigenvalue weighted by atomic mass is 16.6. The number of nitro groups is 1. The Labute approximate surface area is 118 Å². The summed E-state index contributed by atoms with van der Waals surface area (Å²) >= 11 is 0. The zero-order valence-electron chi connectivity index (χ0n) is 12.1. The molecule has 0 aliphatic heterocycles. The van der Waals surface area contributed by atoms with Gasteiger partial charge < -0.3 is 9.64 Å². The van der Waals surface area contributed by atoms with Crippen LogP contribution in [0.25, 0.3) is 0 Å². The van der Waals surface area contributed by atoms with Crippen LogP contribution in [0.3, 0.4) is 0 Å². The van der Waals surface area contributed by atoms with E-state index in [2.05, 4.69) is 0 Å². The third kappa shape index (κ3) is 4.22. The Kier molecular flexibility index (Phi) is 5.96. The summed E-state index contributed by atoms with van der Waals surface area (Å²) in [5, 5.41) is 10.7. The standard InChI is InChI=1S/C14H20N2O4/c1-4-8-15(10-14(17)20-5-2)13-7-6-12(16(18)19)9-11(13)3/h6-7,9H,4-5,8,10H2,1-3H3. The van der Waals surface area contributed by atoms with E-state index in [9.17, 15) is 14.9 Å². The highest BCUT2D eigenvalue weighted by molar-refractivity contribution is 5.76. The molecule has 0 radical (unpaired) electrons. The van der Waals surface area contributed by atoms with Crippen molar-refractivity contribution in [2.75, 3.05) is 24.6 Å². The van der Waals surface area contributed by atoms with Gasteiger partial charge in [0.2, 0.25) is 0 Å². The fraction of sp³-hybridized carbons (Fsp3) is 0.500. The van der Waals surface area contributed by atoms with E-state index in [0.29, 0.717) is 13.2 Å². The summed E-state index contributed by atoms with van der Waals surface area (Å²) < 4.78 is 4.95. The fourth-order valence-corrected chi connectivity index (χ4v) is 2.03. The second kappa shape index (κ2) is 7.47. The lowest BCUT2D eigenvalue weighted by Gasteiger charge is -2.24. The van der Waals surface area contributed by atoms with Crippen molar-refractivity contribution in [3.63, 3.8) is 0 Å². The molecule has 6 nitrogen and oxygen atoms in total. The molecule has 0 aliphatic rings. The number of carbonyl (C=O) groups is 1. The van der Waals surface area contributed by atoms with Crippen molar-refractivity contribution in [1.29, 1.82) is 0 Å². The van der Waals surface area contributed by atoms with Crippen molar-refractivity contribution in [2.24, 2.45) is 0 Å². The van der Waals surface area contributed by atoms with Crippen LogP contribution in [0.4, 0.5) is 11.4 Å². The van der Waals surface area contributed by atoms with Crippen LogP contribution >= 0.6 is 0 Å². The van der Waals surface area contributed by atoms with Gasteiger partial charge in [-0.25, -0.2) is 0 Å². The van der Waals surface area contributed by atoms with Crippen LogP contribution in [0.5, 0.6) is 0 Å². The number of nitrogens with zero attached hydrogens (tertiary/aromatic N) is 2. The average Bonchev–Trinajstić information content (AvgIpc) is 2.38.